The van der Waals surface area contributed by atoms with E-state index in [1.807, 2.05) is 6.07 Å². The van der Waals surface area contributed by atoms with Crippen molar-refractivity contribution in [1.29, 1.82) is 0 Å². The maximum absolute atomic E-state index is 9.44. The zero-order valence-electron chi connectivity index (χ0n) is 10.4. The summed E-state index contributed by atoms with van der Waals surface area (Å²) in [5, 5.41) is 9.44. The van der Waals surface area contributed by atoms with Gasteiger partial charge in [-0.3, -0.25) is 0 Å². The number of benzene rings is 1. The van der Waals surface area contributed by atoms with Gasteiger partial charge in [-0.05, 0) is 24.8 Å². The van der Waals surface area contributed by atoms with Crippen molar-refractivity contribution in [3.63, 3.8) is 0 Å². The third-order valence-corrected chi connectivity index (χ3v) is 3.73. The smallest absolute Gasteiger partial charge is 0.127 e. The van der Waals surface area contributed by atoms with Crippen LogP contribution in [0.15, 0.2) is 18.2 Å². The second-order valence-electron chi connectivity index (χ2n) is 4.85. The molecular weight excluding hydrogens is 214 g/mol. The highest BCUT2D eigenvalue weighted by atomic mass is 16.5. The summed E-state index contributed by atoms with van der Waals surface area (Å²) in [5.74, 6) is 1.46. The Bertz CT molecular complexity index is 372. The molecule has 3 nitrogen and oxygen atoms in total. The van der Waals surface area contributed by atoms with Crippen molar-refractivity contribution in [2.45, 2.75) is 38.1 Å². The lowest BCUT2D eigenvalue weighted by molar-refractivity contribution is 0.300. The molecule has 94 valence electrons. The molecule has 1 aromatic carbocycles. The Kier molecular flexibility index (Phi) is 3.89. The molecule has 1 saturated carbocycles. The number of rotatable bonds is 3. The van der Waals surface area contributed by atoms with Crippen LogP contribution in [0.25, 0.3) is 0 Å². The fourth-order valence-corrected chi connectivity index (χ4v) is 2.72. The van der Waals surface area contributed by atoms with E-state index in [4.69, 9.17) is 10.5 Å². The van der Waals surface area contributed by atoms with Crippen LogP contribution in [0.2, 0.25) is 0 Å². The van der Waals surface area contributed by atoms with Gasteiger partial charge in [0.2, 0.25) is 0 Å². The van der Waals surface area contributed by atoms with Gasteiger partial charge in [-0.1, -0.05) is 25.3 Å². The van der Waals surface area contributed by atoms with E-state index in [1.54, 1.807) is 19.2 Å². The molecule has 3 heteroatoms. The summed E-state index contributed by atoms with van der Waals surface area (Å²) >= 11 is 0. The number of hydrogen-bond acceptors (Lipinski definition) is 3. The third-order valence-electron chi connectivity index (χ3n) is 3.73. The molecule has 1 atom stereocenters. The van der Waals surface area contributed by atoms with Crippen molar-refractivity contribution in [2.24, 2.45) is 11.7 Å². The molecule has 1 aliphatic rings. The van der Waals surface area contributed by atoms with Crippen LogP contribution in [0.4, 0.5) is 0 Å². The summed E-state index contributed by atoms with van der Waals surface area (Å²) in [6.07, 6.45) is 6.28. The molecule has 0 aromatic heterocycles. The van der Waals surface area contributed by atoms with E-state index in [1.165, 1.54) is 32.1 Å². The molecule has 3 N–H and O–H groups in total. The zero-order valence-corrected chi connectivity index (χ0v) is 10.4. The van der Waals surface area contributed by atoms with Gasteiger partial charge < -0.3 is 15.6 Å². The molecule has 0 saturated heterocycles. The fraction of sp³-hybridized carbons (Fsp3) is 0.571. The van der Waals surface area contributed by atoms with Gasteiger partial charge in [-0.15, -0.1) is 0 Å². The molecule has 17 heavy (non-hydrogen) atoms. The summed E-state index contributed by atoms with van der Waals surface area (Å²) in [6, 6.07) is 5.22. The van der Waals surface area contributed by atoms with E-state index in [-0.39, 0.29) is 11.8 Å². The quantitative estimate of drug-likeness (QED) is 0.846. The highest BCUT2D eigenvalue weighted by Gasteiger charge is 2.24. The SMILES string of the molecule is COc1cc(O)ccc1[C@@H](N)C1CCCCC1. The molecule has 2 rings (SSSR count). The van der Waals surface area contributed by atoms with E-state index in [2.05, 4.69) is 0 Å². The first-order valence-electron chi connectivity index (χ1n) is 6.35. The molecule has 0 unspecified atom stereocenters. The average Bonchev–Trinajstić information content (AvgIpc) is 2.39. The monoisotopic (exact) mass is 235 g/mol. The number of aromatic hydroxyl groups is 1. The zero-order chi connectivity index (χ0) is 12.3. The minimum atomic E-state index is 0.0193. The van der Waals surface area contributed by atoms with E-state index in [0.29, 0.717) is 11.7 Å². The molecule has 0 bridgehead atoms. The van der Waals surface area contributed by atoms with Crippen LogP contribution in [0, 0.1) is 5.92 Å². The Labute approximate surface area is 103 Å². The summed E-state index contributed by atoms with van der Waals surface area (Å²) < 4.78 is 5.30. The summed E-state index contributed by atoms with van der Waals surface area (Å²) in [4.78, 5) is 0. The predicted molar refractivity (Wildman–Crippen MR) is 68.2 cm³/mol. The first kappa shape index (κ1) is 12.2. The van der Waals surface area contributed by atoms with Crippen LogP contribution < -0.4 is 10.5 Å². The highest BCUT2D eigenvalue weighted by molar-refractivity contribution is 5.42. The van der Waals surface area contributed by atoms with Crippen LogP contribution in [0.5, 0.6) is 11.5 Å². The minimum Gasteiger partial charge on any atom is -0.508 e. The van der Waals surface area contributed by atoms with Gasteiger partial charge in [0.05, 0.1) is 7.11 Å². The molecule has 0 aliphatic heterocycles. The largest absolute Gasteiger partial charge is 0.508 e. The predicted octanol–water partition coefficient (Wildman–Crippen LogP) is 2.98. The Morgan fingerprint density at radius 1 is 1.29 bits per heavy atom. The minimum absolute atomic E-state index is 0.0193. The Balaban J connectivity index is 2.19. The summed E-state index contributed by atoms with van der Waals surface area (Å²) in [5.41, 5.74) is 7.35. The van der Waals surface area contributed by atoms with Gasteiger partial charge >= 0.3 is 0 Å². The number of phenolic OH excluding ortho intramolecular Hbond substituents is 1. The van der Waals surface area contributed by atoms with E-state index in [0.717, 1.165) is 5.56 Å². The molecule has 0 amide bonds. The Morgan fingerprint density at radius 2 is 2.00 bits per heavy atom. The normalized spacial score (nSPS) is 18.9. The number of methoxy groups -OCH3 is 1. The first-order chi connectivity index (χ1) is 8.22. The van der Waals surface area contributed by atoms with Crippen molar-refractivity contribution in [3.8, 4) is 11.5 Å². The molecule has 1 aromatic rings. The van der Waals surface area contributed by atoms with Crippen LogP contribution in [-0.2, 0) is 0 Å². The van der Waals surface area contributed by atoms with Gasteiger partial charge in [-0.25, -0.2) is 0 Å². The van der Waals surface area contributed by atoms with Crippen LogP contribution >= 0.6 is 0 Å². The van der Waals surface area contributed by atoms with Gasteiger partial charge in [0.1, 0.15) is 11.5 Å². The third kappa shape index (κ3) is 2.72. The average molecular weight is 235 g/mol. The van der Waals surface area contributed by atoms with E-state index in [9.17, 15) is 5.11 Å². The molecule has 0 spiro atoms. The lowest BCUT2D eigenvalue weighted by atomic mass is 9.81. The standard InChI is InChI=1S/C14H21NO2/c1-17-13-9-11(16)7-8-12(13)14(15)10-5-3-2-4-6-10/h7-10,14,16H,2-6,15H2,1H3/t14-/m0/s1. The van der Waals surface area contributed by atoms with Crippen molar-refractivity contribution >= 4 is 0 Å². The number of phenols is 1. The summed E-state index contributed by atoms with van der Waals surface area (Å²) in [6.45, 7) is 0. The number of hydrogen-bond donors (Lipinski definition) is 2. The lowest BCUT2D eigenvalue weighted by Gasteiger charge is -2.28. The Hall–Kier alpha value is -1.22. The van der Waals surface area contributed by atoms with Crippen LogP contribution in [0.3, 0.4) is 0 Å². The molecule has 0 radical (unpaired) electrons. The van der Waals surface area contributed by atoms with Gasteiger partial charge in [-0.2, -0.15) is 0 Å². The second kappa shape index (κ2) is 5.41. The van der Waals surface area contributed by atoms with Crippen molar-refractivity contribution in [1.82, 2.24) is 0 Å². The second-order valence-corrected chi connectivity index (χ2v) is 4.85. The maximum Gasteiger partial charge on any atom is 0.127 e. The lowest BCUT2D eigenvalue weighted by Crippen LogP contribution is -2.24. The van der Waals surface area contributed by atoms with E-state index >= 15 is 0 Å². The van der Waals surface area contributed by atoms with Gasteiger partial charge in [0.15, 0.2) is 0 Å². The van der Waals surface area contributed by atoms with Crippen molar-refractivity contribution < 1.29 is 9.84 Å². The van der Waals surface area contributed by atoms with Gasteiger partial charge in [0.25, 0.3) is 0 Å². The summed E-state index contributed by atoms with van der Waals surface area (Å²) in [7, 11) is 1.62. The van der Waals surface area contributed by atoms with E-state index < -0.39 is 0 Å². The topological polar surface area (TPSA) is 55.5 Å². The molecule has 0 heterocycles. The van der Waals surface area contributed by atoms with Crippen LogP contribution in [-0.4, -0.2) is 12.2 Å². The molecule has 1 aliphatic carbocycles. The highest BCUT2D eigenvalue weighted by Crippen LogP contribution is 2.37. The fourth-order valence-electron chi connectivity index (χ4n) is 2.72. The molecular formula is C14H21NO2. The number of ether oxygens (including phenoxy) is 1. The van der Waals surface area contributed by atoms with Crippen molar-refractivity contribution in [2.75, 3.05) is 7.11 Å². The van der Waals surface area contributed by atoms with Gasteiger partial charge in [0, 0.05) is 17.7 Å². The maximum atomic E-state index is 9.44. The Morgan fingerprint density at radius 3 is 2.65 bits per heavy atom. The first-order valence-corrected chi connectivity index (χ1v) is 6.35. The van der Waals surface area contributed by atoms with Crippen molar-refractivity contribution in [3.05, 3.63) is 23.8 Å². The number of nitrogens with two attached hydrogens (primary N) is 1. The van der Waals surface area contributed by atoms with Crippen LogP contribution in [0.1, 0.15) is 43.7 Å². The molecule has 1 fully saturated rings.